The van der Waals surface area contributed by atoms with Crippen molar-refractivity contribution in [3.05, 3.63) is 35.3 Å². The van der Waals surface area contributed by atoms with Gasteiger partial charge in [0.1, 0.15) is 0 Å². The molecule has 88 valence electrons. The Hall–Kier alpha value is -2.37. The molecule has 0 amide bonds. The van der Waals surface area contributed by atoms with Gasteiger partial charge < -0.3 is 14.7 Å². The van der Waals surface area contributed by atoms with Crippen LogP contribution in [-0.2, 0) is 0 Å². The van der Waals surface area contributed by atoms with Crippen LogP contribution in [-0.4, -0.2) is 21.3 Å². The monoisotopic (exact) mass is 237 g/mol. The fraction of sp³-hybridized carbons (Fsp3) is 0.0909. The van der Waals surface area contributed by atoms with Crippen LogP contribution in [0.3, 0.4) is 0 Å². The van der Waals surface area contributed by atoms with Gasteiger partial charge in [0.05, 0.1) is 5.56 Å². The highest BCUT2D eigenvalue weighted by atomic mass is 19.1. The Bertz CT molecular complexity index is 591. The second-order valence-electron chi connectivity index (χ2n) is 3.53. The van der Waals surface area contributed by atoms with Crippen LogP contribution in [0.2, 0.25) is 0 Å². The molecule has 1 aromatic heterocycles. The lowest BCUT2D eigenvalue weighted by Gasteiger charge is -2.02. The zero-order valence-corrected chi connectivity index (χ0v) is 8.77. The van der Waals surface area contributed by atoms with Gasteiger partial charge in [0.25, 0.3) is 0 Å². The molecule has 1 aromatic carbocycles. The van der Waals surface area contributed by atoms with Crippen LogP contribution < -0.4 is 0 Å². The molecule has 0 bridgehead atoms. The number of rotatable bonds is 2. The quantitative estimate of drug-likeness (QED) is 0.836. The van der Waals surface area contributed by atoms with Gasteiger partial charge in [-0.05, 0) is 24.6 Å². The second kappa shape index (κ2) is 3.89. The van der Waals surface area contributed by atoms with Gasteiger partial charge in [-0.1, -0.05) is 5.16 Å². The third kappa shape index (κ3) is 1.96. The molecule has 0 aliphatic rings. The van der Waals surface area contributed by atoms with Crippen LogP contribution in [0, 0.1) is 12.7 Å². The molecule has 0 saturated carbocycles. The average molecular weight is 237 g/mol. The van der Waals surface area contributed by atoms with E-state index in [9.17, 15) is 14.3 Å². The summed E-state index contributed by atoms with van der Waals surface area (Å²) in [4.78, 5) is 10.6. The zero-order valence-electron chi connectivity index (χ0n) is 8.77. The van der Waals surface area contributed by atoms with Crippen LogP contribution in [0.5, 0.6) is 5.75 Å². The van der Waals surface area contributed by atoms with E-state index < -0.39 is 17.5 Å². The number of aromatic nitrogens is 1. The smallest absolute Gasteiger partial charge is 0.358 e. The number of aromatic hydroxyl groups is 1. The Morgan fingerprint density at radius 2 is 2.12 bits per heavy atom. The summed E-state index contributed by atoms with van der Waals surface area (Å²) in [5.41, 5.74) is 0.273. The number of benzene rings is 1. The van der Waals surface area contributed by atoms with Gasteiger partial charge >= 0.3 is 5.97 Å². The molecule has 0 saturated heterocycles. The van der Waals surface area contributed by atoms with Crippen LogP contribution in [0.15, 0.2) is 22.7 Å². The largest absolute Gasteiger partial charge is 0.505 e. The standard InChI is InChI=1S/C11H8FNO4/c1-5-2-6(10(12)8(14)3-5)9-4-7(11(15)16)13-17-9/h2-4,14H,1H3,(H,15,16). The van der Waals surface area contributed by atoms with Crippen molar-refractivity contribution in [2.24, 2.45) is 0 Å². The Morgan fingerprint density at radius 1 is 1.41 bits per heavy atom. The maximum atomic E-state index is 13.6. The lowest BCUT2D eigenvalue weighted by atomic mass is 10.1. The summed E-state index contributed by atoms with van der Waals surface area (Å²) in [5.74, 6) is -2.70. The Balaban J connectivity index is 2.56. The molecule has 0 unspecified atom stereocenters. The van der Waals surface area contributed by atoms with Crippen LogP contribution >= 0.6 is 0 Å². The van der Waals surface area contributed by atoms with Crippen LogP contribution in [0.4, 0.5) is 4.39 Å². The molecule has 0 atom stereocenters. The molecule has 5 nitrogen and oxygen atoms in total. The molecule has 0 radical (unpaired) electrons. The average Bonchev–Trinajstić information content (AvgIpc) is 2.72. The third-order valence-electron chi connectivity index (χ3n) is 2.19. The Morgan fingerprint density at radius 3 is 2.71 bits per heavy atom. The number of hydrogen-bond donors (Lipinski definition) is 2. The lowest BCUT2D eigenvalue weighted by molar-refractivity contribution is 0.0686. The number of aryl methyl sites for hydroxylation is 1. The van der Waals surface area contributed by atoms with Crippen LogP contribution in [0.1, 0.15) is 16.1 Å². The van der Waals surface area contributed by atoms with Crippen molar-refractivity contribution in [1.82, 2.24) is 5.16 Å². The first-order chi connectivity index (χ1) is 7.99. The SMILES string of the molecule is Cc1cc(O)c(F)c(-c2cc(C(=O)O)no2)c1. The summed E-state index contributed by atoms with van der Waals surface area (Å²) >= 11 is 0. The van der Waals surface area contributed by atoms with E-state index in [2.05, 4.69) is 5.16 Å². The Kier molecular flexibility index (Phi) is 2.55. The van der Waals surface area contributed by atoms with Crippen molar-refractivity contribution in [2.75, 3.05) is 0 Å². The first-order valence-corrected chi connectivity index (χ1v) is 4.68. The molecule has 0 spiro atoms. The normalized spacial score (nSPS) is 10.5. The van der Waals surface area contributed by atoms with Gasteiger partial charge in [-0.25, -0.2) is 9.18 Å². The minimum atomic E-state index is -1.27. The van der Waals surface area contributed by atoms with Gasteiger partial charge in [-0.15, -0.1) is 0 Å². The van der Waals surface area contributed by atoms with Crippen molar-refractivity contribution in [3.8, 4) is 17.1 Å². The van der Waals surface area contributed by atoms with Gasteiger partial charge in [0, 0.05) is 6.07 Å². The summed E-state index contributed by atoms with van der Waals surface area (Å²) in [7, 11) is 0. The molecule has 2 N–H and O–H groups in total. The lowest BCUT2D eigenvalue weighted by Crippen LogP contribution is -1.94. The van der Waals surface area contributed by atoms with Crippen molar-refractivity contribution in [3.63, 3.8) is 0 Å². The number of phenolic OH excluding ortho intramolecular Hbond substituents is 1. The van der Waals surface area contributed by atoms with E-state index in [0.29, 0.717) is 5.56 Å². The number of carboxylic acid groups (broad SMARTS) is 1. The molecular weight excluding hydrogens is 229 g/mol. The minimum Gasteiger partial charge on any atom is -0.505 e. The highest BCUT2D eigenvalue weighted by molar-refractivity contribution is 5.86. The summed E-state index contributed by atoms with van der Waals surface area (Å²) < 4.78 is 18.3. The third-order valence-corrected chi connectivity index (χ3v) is 2.19. The van der Waals surface area contributed by atoms with E-state index in [4.69, 9.17) is 9.63 Å². The van der Waals surface area contributed by atoms with E-state index in [0.717, 1.165) is 6.07 Å². The van der Waals surface area contributed by atoms with E-state index in [-0.39, 0.29) is 17.0 Å². The number of nitrogens with zero attached hydrogens (tertiary/aromatic N) is 1. The highest BCUT2D eigenvalue weighted by Crippen LogP contribution is 2.30. The molecule has 0 fully saturated rings. The van der Waals surface area contributed by atoms with Gasteiger partial charge in [0.15, 0.2) is 23.0 Å². The highest BCUT2D eigenvalue weighted by Gasteiger charge is 2.17. The number of hydrogen-bond acceptors (Lipinski definition) is 4. The molecule has 0 aliphatic heterocycles. The summed E-state index contributed by atoms with van der Waals surface area (Å²) in [5, 5.41) is 21.2. The summed E-state index contributed by atoms with van der Waals surface area (Å²) in [6.45, 7) is 1.66. The molecule has 2 aromatic rings. The maximum absolute atomic E-state index is 13.6. The number of carbonyl (C=O) groups is 1. The fourth-order valence-electron chi connectivity index (χ4n) is 1.43. The Labute approximate surface area is 95.1 Å². The molecule has 0 aliphatic carbocycles. The molecule has 2 rings (SSSR count). The topological polar surface area (TPSA) is 83.6 Å². The minimum absolute atomic E-state index is 0.0255. The molecule has 1 heterocycles. The number of aromatic carboxylic acids is 1. The first-order valence-electron chi connectivity index (χ1n) is 4.68. The van der Waals surface area contributed by atoms with Crippen molar-refractivity contribution in [1.29, 1.82) is 0 Å². The predicted molar refractivity (Wildman–Crippen MR) is 55.3 cm³/mol. The molecule has 6 heteroatoms. The van der Waals surface area contributed by atoms with E-state index >= 15 is 0 Å². The summed E-state index contributed by atoms with van der Waals surface area (Å²) in [6, 6.07) is 3.79. The number of carboxylic acids is 1. The molecular formula is C11H8FNO4. The van der Waals surface area contributed by atoms with Gasteiger partial charge in [-0.2, -0.15) is 0 Å². The van der Waals surface area contributed by atoms with Crippen molar-refractivity contribution < 1.29 is 23.9 Å². The van der Waals surface area contributed by atoms with Crippen molar-refractivity contribution in [2.45, 2.75) is 6.92 Å². The van der Waals surface area contributed by atoms with E-state index in [1.807, 2.05) is 0 Å². The maximum Gasteiger partial charge on any atom is 0.358 e. The molecule has 17 heavy (non-hydrogen) atoms. The van der Waals surface area contributed by atoms with Gasteiger partial charge in [-0.3, -0.25) is 0 Å². The van der Waals surface area contributed by atoms with E-state index in [1.54, 1.807) is 6.92 Å². The predicted octanol–water partition coefficient (Wildman–Crippen LogP) is 2.19. The second-order valence-corrected chi connectivity index (χ2v) is 3.53. The number of halogens is 1. The van der Waals surface area contributed by atoms with Crippen molar-refractivity contribution >= 4 is 5.97 Å². The summed E-state index contributed by atoms with van der Waals surface area (Å²) in [6.07, 6.45) is 0. The first kappa shape index (κ1) is 11.1. The van der Waals surface area contributed by atoms with E-state index in [1.165, 1.54) is 12.1 Å². The van der Waals surface area contributed by atoms with Gasteiger partial charge in [0.2, 0.25) is 0 Å². The fourth-order valence-corrected chi connectivity index (χ4v) is 1.43. The number of phenols is 1. The zero-order chi connectivity index (χ0) is 12.6. The van der Waals surface area contributed by atoms with Crippen LogP contribution in [0.25, 0.3) is 11.3 Å².